The van der Waals surface area contributed by atoms with Crippen molar-refractivity contribution in [3.63, 3.8) is 0 Å². The molecule has 1 fully saturated rings. The molecule has 0 N–H and O–H groups in total. The number of piperidine rings is 1. The molecule has 1 aliphatic heterocycles. The average Bonchev–Trinajstić information content (AvgIpc) is 2.41. The lowest BCUT2D eigenvalue weighted by Gasteiger charge is -2.32. The van der Waals surface area contributed by atoms with Gasteiger partial charge in [0.05, 0.1) is 4.90 Å². The Labute approximate surface area is 130 Å². The monoisotopic (exact) mass is 359 g/mol. The largest absolute Gasteiger partial charge is 0.243 e. The molecular formula is C15H22BrNO2S. The van der Waals surface area contributed by atoms with Crippen molar-refractivity contribution in [2.45, 2.75) is 43.3 Å². The Hall–Kier alpha value is -0.390. The van der Waals surface area contributed by atoms with E-state index in [2.05, 4.69) is 22.9 Å². The van der Waals surface area contributed by atoms with Gasteiger partial charge in [0.15, 0.2) is 0 Å². The van der Waals surface area contributed by atoms with Gasteiger partial charge in [-0.25, -0.2) is 8.42 Å². The van der Waals surface area contributed by atoms with Crippen LogP contribution in [0.4, 0.5) is 0 Å². The standard InChI is InChI=1S/C15H22BrNO2S/c1-11-4-5-12(2)15(10-11)20(18,19)17-8-6-14(7-9-17)13(3)16/h4-5,10,13-14H,6-9H2,1-3H3. The molecule has 5 heteroatoms. The Kier molecular flexibility index (Phi) is 4.92. The number of sulfonamides is 1. The molecular weight excluding hydrogens is 338 g/mol. The highest BCUT2D eigenvalue weighted by Gasteiger charge is 2.31. The zero-order chi connectivity index (χ0) is 14.9. The Morgan fingerprint density at radius 3 is 2.40 bits per heavy atom. The lowest BCUT2D eigenvalue weighted by molar-refractivity contribution is 0.274. The first kappa shape index (κ1) is 16.0. The minimum absolute atomic E-state index is 0.452. The van der Waals surface area contributed by atoms with E-state index in [9.17, 15) is 8.42 Å². The Morgan fingerprint density at radius 1 is 1.25 bits per heavy atom. The lowest BCUT2D eigenvalue weighted by Crippen LogP contribution is -2.40. The third-order valence-electron chi connectivity index (χ3n) is 4.11. The summed E-state index contributed by atoms with van der Waals surface area (Å²) >= 11 is 3.60. The third-order valence-corrected chi connectivity index (χ3v) is 6.90. The molecule has 0 aromatic heterocycles. The molecule has 0 saturated carbocycles. The summed E-state index contributed by atoms with van der Waals surface area (Å²) in [6, 6.07) is 5.62. The van der Waals surface area contributed by atoms with E-state index in [1.807, 2.05) is 26.0 Å². The Balaban J connectivity index is 2.22. The zero-order valence-corrected chi connectivity index (χ0v) is 14.7. The van der Waals surface area contributed by atoms with Crippen molar-refractivity contribution < 1.29 is 8.42 Å². The predicted molar refractivity (Wildman–Crippen MR) is 85.8 cm³/mol. The minimum atomic E-state index is -3.35. The summed E-state index contributed by atoms with van der Waals surface area (Å²) < 4.78 is 27.1. The summed E-state index contributed by atoms with van der Waals surface area (Å²) in [6.45, 7) is 7.17. The number of hydrogen-bond donors (Lipinski definition) is 0. The van der Waals surface area contributed by atoms with Gasteiger partial charge in [-0.05, 0) is 49.8 Å². The molecule has 20 heavy (non-hydrogen) atoms. The molecule has 1 heterocycles. The molecule has 112 valence electrons. The highest BCUT2D eigenvalue weighted by molar-refractivity contribution is 9.09. The molecule has 2 rings (SSSR count). The maximum Gasteiger partial charge on any atom is 0.243 e. The smallest absolute Gasteiger partial charge is 0.207 e. The maximum atomic E-state index is 12.8. The highest BCUT2D eigenvalue weighted by atomic mass is 79.9. The van der Waals surface area contributed by atoms with Gasteiger partial charge < -0.3 is 0 Å². The molecule has 1 aliphatic rings. The number of halogens is 1. The summed E-state index contributed by atoms with van der Waals surface area (Å²) in [6.07, 6.45) is 1.85. The second-order valence-electron chi connectivity index (χ2n) is 5.69. The highest BCUT2D eigenvalue weighted by Crippen LogP contribution is 2.29. The van der Waals surface area contributed by atoms with Crippen LogP contribution in [0.5, 0.6) is 0 Å². The third kappa shape index (κ3) is 3.26. The van der Waals surface area contributed by atoms with Crippen LogP contribution in [0.3, 0.4) is 0 Å². The van der Waals surface area contributed by atoms with Crippen LogP contribution in [-0.2, 0) is 10.0 Å². The molecule has 0 spiro atoms. The van der Waals surface area contributed by atoms with E-state index in [1.54, 1.807) is 10.4 Å². The van der Waals surface area contributed by atoms with Gasteiger partial charge in [0.25, 0.3) is 0 Å². The summed E-state index contributed by atoms with van der Waals surface area (Å²) in [5.74, 6) is 0.569. The van der Waals surface area contributed by atoms with Crippen molar-refractivity contribution in [1.82, 2.24) is 4.31 Å². The molecule has 0 amide bonds. The van der Waals surface area contributed by atoms with E-state index in [4.69, 9.17) is 0 Å². The van der Waals surface area contributed by atoms with Gasteiger partial charge >= 0.3 is 0 Å². The number of rotatable bonds is 3. The summed E-state index contributed by atoms with van der Waals surface area (Å²) in [5, 5.41) is 0. The minimum Gasteiger partial charge on any atom is -0.207 e. The molecule has 0 bridgehead atoms. The van der Waals surface area contributed by atoms with Crippen LogP contribution in [0, 0.1) is 19.8 Å². The van der Waals surface area contributed by atoms with Gasteiger partial charge in [0.2, 0.25) is 10.0 Å². The molecule has 1 aromatic carbocycles. The number of hydrogen-bond acceptors (Lipinski definition) is 2. The van der Waals surface area contributed by atoms with Gasteiger partial charge in [-0.1, -0.05) is 35.0 Å². The first-order chi connectivity index (χ1) is 9.32. The molecule has 0 radical (unpaired) electrons. The molecule has 1 unspecified atom stereocenters. The quantitative estimate of drug-likeness (QED) is 0.774. The summed E-state index contributed by atoms with van der Waals surface area (Å²) in [4.78, 5) is 0.913. The number of aryl methyl sites for hydroxylation is 2. The van der Waals surface area contributed by atoms with Crippen LogP contribution < -0.4 is 0 Å². The van der Waals surface area contributed by atoms with E-state index in [0.29, 0.717) is 28.7 Å². The van der Waals surface area contributed by atoms with Crippen LogP contribution in [0.25, 0.3) is 0 Å². The van der Waals surface area contributed by atoms with Crippen LogP contribution in [-0.4, -0.2) is 30.6 Å². The van der Waals surface area contributed by atoms with Crippen molar-refractivity contribution in [3.8, 4) is 0 Å². The van der Waals surface area contributed by atoms with Crippen molar-refractivity contribution in [3.05, 3.63) is 29.3 Å². The number of nitrogens with zero attached hydrogens (tertiary/aromatic N) is 1. The first-order valence-corrected chi connectivity index (χ1v) is 9.39. The van der Waals surface area contributed by atoms with Gasteiger partial charge in [0.1, 0.15) is 0 Å². The Bertz CT molecular complexity index is 576. The van der Waals surface area contributed by atoms with Gasteiger partial charge in [0, 0.05) is 17.9 Å². The molecule has 0 aliphatic carbocycles. The SMILES string of the molecule is Cc1ccc(C)c(S(=O)(=O)N2CCC(C(C)Br)CC2)c1. The molecule has 1 saturated heterocycles. The summed E-state index contributed by atoms with van der Waals surface area (Å²) in [5.41, 5.74) is 1.81. The van der Waals surface area contributed by atoms with Crippen molar-refractivity contribution in [2.75, 3.05) is 13.1 Å². The average molecular weight is 360 g/mol. The topological polar surface area (TPSA) is 37.4 Å². The molecule has 1 atom stereocenters. The number of benzene rings is 1. The molecule has 1 aromatic rings. The van der Waals surface area contributed by atoms with Crippen LogP contribution in [0.1, 0.15) is 30.9 Å². The predicted octanol–water partition coefficient (Wildman–Crippen LogP) is 3.49. The fourth-order valence-corrected chi connectivity index (χ4v) is 5.01. The second-order valence-corrected chi connectivity index (χ2v) is 9.04. The van der Waals surface area contributed by atoms with Crippen LogP contribution in [0.2, 0.25) is 0 Å². The maximum absolute atomic E-state index is 12.8. The van der Waals surface area contributed by atoms with E-state index in [0.717, 1.165) is 24.0 Å². The first-order valence-electron chi connectivity index (χ1n) is 7.04. The normalized spacial score (nSPS) is 20.0. The van der Waals surface area contributed by atoms with E-state index in [1.165, 1.54) is 0 Å². The lowest BCUT2D eigenvalue weighted by atomic mass is 9.96. The molecule has 3 nitrogen and oxygen atoms in total. The van der Waals surface area contributed by atoms with E-state index >= 15 is 0 Å². The van der Waals surface area contributed by atoms with Gasteiger partial charge in [-0.3, -0.25) is 0 Å². The second kappa shape index (κ2) is 6.16. The van der Waals surface area contributed by atoms with Crippen molar-refractivity contribution in [2.24, 2.45) is 5.92 Å². The Morgan fingerprint density at radius 2 is 1.85 bits per heavy atom. The van der Waals surface area contributed by atoms with Crippen LogP contribution in [0.15, 0.2) is 23.1 Å². The van der Waals surface area contributed by atoms with Crippen molar-refractivity contribution in [1.29, 1.82) is 0 Å². The van der Waals surface area contributed by atoms with Gasteiger partial charge in [-0.15, -0.1) is 0 Å². The van der Waals surface area contributed by atoms with Gasteiger partial charge in [-0.2, -0.15) is 4.31 Å². The number of alkyl halides is 1. The zero-order valence-electron chi connectivity index (χ0n) is 12.3. The fraction of sp³-hybridized carbons (Fsp3) is 0.600. The van der Waals surface area contributed by atoms with Crippen LogP contribution >= 0.6 is 15.9 Å². The van der Waals surface area contributed by atoms with Crippen molar-refractivity contribution >= 4 is 26.0 Å². The van der Waals surface area contributed by atoms with E-state index in [-0.39, 0.29) is 0 Å². The summed E-state index contributed by atoms with van der Waals surface area (Å²) in [7, 11) is -3.35. The van der Waals surface area contributed by atoms with E-state index < -0.39 is 10.0 Å². The fourth-order valence-electron chi connectivity index (χ4n) is 2.70.